The van der Waals surface area contributed by atoms with E-state index >= 15 is 0 Å². The summed E-state index contributed by atoms with van der Waals surface area (Å²) in [6, 6.07) is 9.74. The van der Waals surface area contributed by atoms with Crippen molar-refractivity contribution in [2.75, 3.05) is 31.6 Å². The number of rotatable bonds is 4. The van der Waals surface area contributed by atoms with Crippen molar-refractivity contribution in [3.05, 3.63) is 30.3 Å². The maximum Gasteiger partial charge on any atom is 0.407 e. The topological polar surface area (TPSA) is 61.9 Å². The van der Waals surface area contributed by atoms with Gasteiger partial charge in [-0.3, -0.25) is 9.69 Å². The number of likely N-dealkylation sites (tertiary alicyclic amines) is 1. The predicted molar refractivity (Wildman–Crippen MR) is 98.7 cm³/mol. The van der Waals surface area contributed by atoms with E-state index in [-0.39, 0.29) is 18.0 Å². The number of nitrogens with zero attached hydrogens (tertiary/aromatic N) is 2. The second-order valence-corrected chi connectivity index (χ2v) is 7.48. The van der Waals surface area contributed by atoms with Crippen molar-refractivity contribution in [3.63, 3.8) is 0 Å². The molecule has 0 radical (unpaired) electrons. The number of para-hydroxylation sites is 1. The third-order valence-electron chi connectivity index (χ3n) is 4.18. The molecule has 0 atom stereocenters. The van der Waals surface area contributed by atoms with Crippen molar-refractivity contribution in [1.82, 2.24) is 10.2 Å². The van der Waals surface area contributed by atoms with Crippen LogP contribution in [0.3, 0.4) is 0 Å². The largest absolute Gasteiger partial charge is 0.444 e. The zero-order valence-electron chi connectivity index (χ0n) is 15.6. The third-order valence-corrected chi connectivity index (χ3v) is 4.18. The SMILES string of the molecule is CN(C(=O)CN1CCC(NC(=O)OC(C)(C)C)CC1)c1ccccc1. The molecule has 6 heteroatoms. The van der Waals surface area contributed by atoms with E-state index in [0.29, 0.717) is 6.54 Å². The lowest BCUT2D eigenvalue weighted by molar-refractivity contribution is -0.119. The summed E-state index contributed by atoms with van der Waals surface area (Å²) in [7, 11) is 1.80. The van der Waals surface area contributed by atoms with Crippen LogP contribution < -0.4 is 10.2 Å². The Morgan fingerprint density at radius 1 is 1.20 bits per heavy atom. The van der Waals surface area contributed by atoms with E-state index in [1.54, 1.807) is 11.9 Å². The van der Waals surface area contributed by atoms with Gasteiger partial charge in [-0.05, 0) is 45.7 Å². The molecule has 1 aliphatic rings. The summed E-state index contributed by atoms with van der Waals surface area (Å²) >= 11 is 0. The first-order chi connectivity index (χ1) is 11.7. The zero-order valence-corrected chi connectivity index (χ0v) is 15.6. The van der Waals surface area contributed by atoms with Crippen molar-refractivity contribution in [1.29, 1.82) is 0 Å². The number of hydrogen-bond acceptors (Lipinski definition) is 4. The van der Waals surface area contributed by atoms with Crippen molar-refractivity contribution >= 4 is 17.7 Å². The van der Waals surface area contributed by atoms with E-state index < -0.39 is 5.60 Å². The van der Waals surface area contributed by atoms with Gasteiger partial charge >= 0.3 is 6.09 Å². The highest BCUT2D eigenvalue weighted by Crippen LogP contribution is 2.15. The monoisotopic (exact) mass is 347 g/mol. The van der Waals surface area contributed by atoms with Crippen molar-refractivity contribution in [3.8, 4) is 0 Å². The summed E-state index contributed by atoms with van der Waals surface area (Å²) in [5.41, 5.74) is 0.410. The van der Waals surface area contributed by atoms with E-state index in [4.69, 9.17) is 4.74 Å². The Labute approximate surface area is 150 Å². The molecular formula is C19H29N3O3. The fourth-order valence-electron chi connectivity index (χ4n) is 2.80. The summed E-state index contributed by atoms with van der Waals surface area (Å²) in [5.74, 6) is 0.0738. The molecule has 25 heavy (non-hydrogen) atoms. The highest BCUT2D eigenvalue weighted by Gasteiger charge is 2.25. The minimum absolute atomic E-state index is 0.0738. The Morgan fingerprint density at radius 3 is 2.36 bits per heavy atom. The first kappa shape index (κ1) is 19.2. The molecular weight excluding hydrogens is 318 g/mol. The quantitative estimate of drug-likeness (QED) is 0.909. The number of nitrogens with one attached hydrogen (secondary N) is 1. The van der Waals surface area contributed by atoms with Gasteiger partial charge in [-0.25, -0.2) is 4.79 Å². The number of alkyl carbamates (subject to hydrolysis) is 1. The number of likely N-dealkylation sites (N-methyl/N-ethyl adjacent to an activating group) is 1. The lowest BCUT2D eigenvalue weighted by Crippen LogP contribution is -2.48. The van der Waals surface area contributed by atoms with E-state index in [9.17, 15) is 9.59 Å². The number of carbonyl (C=O) groups is 2. The van der Waals surface area contributed by atoms with Crippen LogP contribution >= 0.6 is 0 Å². The molecule has 1 aromatic carbocycles. The minimum Gasteiger partial charge on any atom is -0.444 e. The van der Waals surface area contributed by atoms with E-state index in [1.807, 2.05) is 51.1 Å². The molecule has 1 heterocycles. The molecule has 1 aliphatic heterocycles. The Kier molecular flexibility index (Phi) is 6.42. The molecule has 1 saturated heterocycles. The number of benzene rings is 1. The van der Waals surface area contributed by atoms with Crippen LogP contribution in [0.25, 0.3) is 0 Å². The highest BCUT2D eigenvalue weighted by atomic mass is 16.6. The number of amides is 2. The molecule has 1 N–H and O–H groups in total. The molecule has 6 nitrogen and oxygen atoms in total. The molecule has 1 aromatic rings. The number of hydrogen-bond donors (Lipinski definition) is 1. The van der Waals surface area contributed by atoms with Crippen LogP contribution in [0.5, 0.6) is 0 Å². The van der Waals surface area contributed by atoms with Crippen LogP contribution in [0.4, 0.5) is 10.5 Å². The van der Waals surface area contributed by atoms with Gasteiger partial charge in [0.15, 0.2) is 0 Å². The lowest BCUT2D eigenvalue weighted by Gasteiger charge is -2.33. The second kappa shape index (κ2) is 8.34. The van der Waals surface area contributed by atoms with Crippen LogP contribution in [-0.2, 0) is 9.53 Å². The van der Waals surface area contributed by atoms with Crippen LogP contribution in [-0.4, -0.2) is 55.2 Å². The van der Waals surface area contributed by atoms with Gasteiger partial charge in [0.05, 0.1) is 6.54 Å². The molecule has 0 unspecified atom stereocenters. The first-order valence-electron chi connectivity index (χ1n) is 8.78. The van der Waals surface area contributed by atoms with Gasteiger partial charge in [0, 0.05) is 31.9 Å². The molecule has 2 rings (SSSR count). The van der Waals surface area contributed by atoms with Gasteiger partial charge in [-0.1, -0.05) is 18.2 Å². The fraction of sp³-hybridized carbons (Fsp3) is 0.579. The van der Waals surface area contributed by atoms with Gasteiger partial charge in [0.1, 0.15) is 5.60 Å². The van der Waals surface area contributed by atoms with Crippen LogP contribution in [0.2, 0.25) is 0 Å². The van der Waals surface area contributed by atoms with E-state index in [2.05, 4.69) is 10.2 Å². The minimum atomic E-state index is -0.487. The van der Waals surface area contributed by atoms with Gasteiger partial charge in [-0.15, -0.1) is 0 Å². The Bertz CT molecular complexity index is 575. The fourth-order valence-corrected chi connectivity index (χ4v) is 2.80. The Hall–Kier alpha value is -2.08. The standard InChI is InChI=1S/C19H29N3O3/c1-19(2,3)25-18(24)20-15-10-12-22(13-11-15)14-17(23)21(4)16-8-6-5-7-9-16/h5-9,15H,10-14H2,1-4H3,(H,20,24). The highest BCUT2D eigenvalue weighted by molar-refractivity contribution is 5.94. The number of anilines is 1. The molecule has 2 amide bonds. The summed E-state index contributed by atoms with van der Waals surface area (Å²) in [5, 5.41) is 2.91. The Morgan fingerprint density at radius 2 is 1.80 bits per heavy atom. The molecule has 0 saturated carbocycles. The number of carbonyl (C=O) groups excluding carboxylic acids is 2. The van der Waals surface area contributed by atoms with Gasteiger partial charge in [0.2, 0.25) is 5.91 Å². The smallest absolute Gasteiger partial charge is 0.407 e. The Balaban J connectivity index is 1.75. The zero-order chi connectivity index (χ0) is 18.4. The number of piperidine rings is 1. The summed E-state index contributed by atoms with van der Waals surface area (Å²) in [6.07, 6.45) is 1.27. The second-order valence-electron chi connectivity index (χ2n) is 7.48. The molecule has 0 spiro atoms. The summed E-state index contributed by atoms with van der Waals surface area (Å²) in [4.78, 5) is 28.1. The maximum absolute atomic E-state index is 12.4. The third kappa shape index (κ3) is 6.38. The average molecular weight is 347 g/mol. The van der Waals surface area contributed by atoms with Crippen LogP contribution in [0.15, 0.2) is 30.3 Å². The van der Waals surface area contributed by atoms with Crippen molar-refractivity contribution in [2.24, 2.45) is 0 Å². The summed E-state index contributed by atoms with van der Waals surface area (Å²) < 4.78 is 5.29. The maximum atomic E-state index is 12.4. The van der Waals surface area contributed by atoms with Crippen molar-refractivity contribution in [2.45, 2.75) is 45.3 Å². The molecule has 0 aliphatic carbocycles. The molecule has 138 valence electrons. The first-order valence-corrected chi connectivity index (χ1v) is 8.78. The summed E-state index contributed by atoms with van der Waals surface area (Å²) in [6.45, 7) is 7.52. The molecule has 0 aromatic heterocycles. The van der Waals surface area contributed by atoms with Gasteiger partial charge < -0.3 is 15.0 Å². The normalized spacial score (nSPS) is 16.3. The van der Waals surface area contributed by atoms with Gasteiger partial charge in [-0.2, -0.15) is 0 Å². The molecule has 0 bridgehead atoms. The molecule has 1 fully saturated rings. The van der Waals surface area contributed by atoms with E-state index in [1.165, 1.54) is 0 Å². The van der Waals surface area contributed by atoms with Crippen molar-refractivity contribution < 1.29 is 14.3 Å². The van der Waals surface area contributed by atoms with Crippen LogP contribution in [0, 0.1) is 0 Å². The van der Waals surface area contributed by atoms with Crippen LogP contribution in [0.1, 0.15) is 33.6 Å². The average Bonchev–Trinajstić information content (AvgIpc) is 2.55. The van der Waals surface area contributed by atoms with Gasteiger partial charge in [0.25, 0.3) is 0 Å². The van der Waals surface area contributed by atoms with E-state index in [0.717, 1.165) is 31.6 Å². The predicted octanol–water partition coefficient (Wildman–Crippen LogP) is 2.64. The lowest BCUT2D eigenvalue weighted by atomic mass is 10.1. The number of ether oxygens (including phenoxy) is 1.